The van der Waals surface area contributed by atoms with E-state index in [1.165, 1.54) is 51.5 Å². The molecule has 0 bridgehead atoms. The molecule has 0 aliphatic carbocycles. The van der Waals surface area contributed by atoms with Crippen LogP contribution in [0, 0.1) is 10.1 Å². The smallest absolute Gasteiger partial charge is 0.286 e. The lowest BCUT2D eigenvalue weighted by atomic mass is 10.1. The quantitative estimate of drug-likeness (QED) is 0.312. The monoisotopic (exact) mass is 430 g/mol. The summed E-state index contributed by atoms with van der Waals surface area (Å²) >= 11 is 0. The zero-order valence-corrected chi connectivity index (χ0v) is 17.2. The maximum Gasteiger partial charge on any atom is 0.286 e. The molecule has 31 heavy (non-hydrogen) atoms. The predicted molar refractivity (Wildman–Crippen MR) is 112 cm³/mol. The molecule has 0 spiro atoms. The van der Waals surface area contributed by atoms with Gasteiger partial charge in [-0.2, -0.15) is 0 Å². The lowest BCUT2D eigenvalue weighted by Crippen LogP contribution is -2.33. The number of carbonyl (C=O) groups excluding carboxylic acids is 3. The average Bonchev–Trinajstić information content (AvgIpc) is 2.75. The van der Waals surface area contributed by atoms with Gasteiger partial charge in [-0.1, -0.05) is 0 Å². The Hall–Kier alpha value is -4.15. The number of hydrogen-bond donors (Lipinski definition) is 3. The van der Waals surface area contributed by atoms with Crippen molar-refractivity contribution in [2.24, 2.45) is 0 Å². The Labute approximate surface area is 177 Å². The Kier molecular flexibility index (Phi) is 7.89. The molecular formula is C20H22N4O7. The number of nitrogens with one attached hydrogen (secondary N) is 3. The zero-order valence-electron chi connectivity index (χ0n) is 17.2. The Morgan fingerprint density at radius 1 is 0.935 bits per heavy atom. The van der Waals surface area contributed by atoms with Gasteiger partial charge in [-0.05, 0) is 24.3 Å². The number of methoxy groups -OCH3 is 2. The summed E-state index contributed by atoms with van der Waals surface area (Å²) in [6.45, 7) is 1.95. The van der Waals surface area contributed by atoms with Crippen LogP contribution in [-0.2, 0) is 4.79 Å². The number of amides is 3. The number of nitro benzene ring substituents is 1. The molecule has 0 heterocycles. The van der Waals surface area contributed by atoms with Crippen LogP contribution < -0.4 is 25.4 Å². The first-order valence-electron chi connectivity index (χ1n) is 9.11. The summed E-state index contributed by atoms with van der Waals surface area (Å²) < 4.78 is 10.2. The van der Waals surface area contributed by atoms with E-state index in [1.54, 1.807) is 0 Å². The van der Waals surface area contributed by atoms with Gasteiger partial charge in [-0.15, -0.1) is 0 Å². The molecule has 0 saturated heterocycles. The highest BCUT2D eigenvalue weighted by molar-refractivity contribution is 6.07. The normalized spacial score (nSPS) is 10.0. The van der Waals surface area contributed by atoms with E-state index in [0.717, 1.165) is 6.07 Å². The SMILES string of the molecule is COc1cc(C(=O)Nc2ccc(C(=O)NCCNC(C)=O)cc2)c([N+](=O)[O-])cc1OC. The summed E-state index contributed by atoms with van der Waals surface area (Å²) in [5.41, 5.74) is 0.0366. The highest BCUT2D eigenvalue weighted by atomic mass is 16.6. The van der Waals surface area contributed by atoms with E-state index in [9.17, 15) is 24.5 Å². The molecule has 0 aliphatic heterocycles. The molecule has 11 nitrogen and oxygen atoms in total. The van der Waals surface area contributed by atoms with Crippen molar-refractivity contribution in [1.29, 1.82) is 0 Å². The Morgan fingerprint density at radius 3 is 2.06 bits per heavy atom. The summed E-state index contributed by atoms with van der Waals surface area (Å²) in [5.74, 6) is -0.966. The van der Waals surface area contributed by atoms with Crippen molar-refractivity contribution in [1.82, 2.24) is 10.6 Å². The lowest BCUT2D eigenvalue weighted by Gasteiger charge is -2.11. The summed E-state index contributed by atoms with van der Waals surface area (Å²) in [5, 5.41) is 19.1. The number of ether oxygens (including phenoxy) is 2. The van der Waals surface area contributed by atoms with Crippen molar-refractivity contribution in [3.63, 3.8) is 0 Å². The van der Waals surface area contributed by atoms with Crippen molar-refractivity contribution >= 4 is 29.1 Å². The van der Waals surface area contributed by atoms with E-state index in [-0.39, 0.29) is 35.4 Å². The highest BCUT2D eigenvalue weighted by Gasteiger charge is 2.24. The van der Waals surface area contributed by atoms with Gasteiger partial charge in [0.05, 0.1) is 25.2 Å². The predicted octanol–water partition coefficient (Wildman–Crippen LogP) is 1.73. The van der Waals surface area contributed by atoms with Gasteiger partial charge >= 0.3 is 0 Å². The molecule has 3 N–H and O–H groups in total. The number of nitro groups is 1. The van der Waals surface area contributed by atoms with Crippen LogP contribution in [0.5, 0.6) is 11.5 Å². The third-order valence-electron chi connectivity index (χ3n) is 4.13. The van der Waals surface area contributed by atoms with Gasteiger partial charge < -0.3 is 25.4 Å². The highest BCUT2D eigenvalue weighted by Crippen LogP contribution is 2.34. The van der Waals surface area contributed by atoms with E-state index >= 15 is 0 Å². The van der Waals surface area contributed by atoms with Gasteiger partial charge in [0.15, 0.2) is 11.5 Å². The van der Waals surface area contributed by atoms with Crippen LogP contribution in [0.25, 0.3) is 0 Å². The minimum atomic E-state index is -0.722. The minimum absolute atomic E-state index is 0.125. The molecule has 0 aliphatic rings. The van der Waals surface area contributed by atoms with E-state index in [4.69, 9.17) is 9.47 Å². The van der Waals surface area contributed by atoms with Gasteiger partial charge in [-0.25, -0.2) is 0 Å². The second-order valence-electron chi connectivity index (χ2n) is 6.25. The third-order valence-corrected chi connectivity index (χ3v) is 4.13. The Morgan fingerprint density at radius 2 is 1.52 bits per heavy atom. The van der Waals surface area contributed by atoms with Gasteiger partial charge in [0.25, 0.3) is 17.5 Å². The van der Waals surface area contributed by atoms with Crippen molar-refractivity contribution in [2.75, 3.05) is 32.6 Å². The number of carbonyl (C=O) groups is 3. The van der Waals surface area contributed by atoms with E-state index in [2.05, 4.69) is 16.0 Å². The molecule has 0 saturated carbocycles. The second-order valence-corrected chi connectivity index (χ2v) is 6.25. The fourth-order valence-electron chi connectivity index (χ4n) is 2.62. The third kappa shape index (κ3) is 6.16. The number of hydrogen-bond acceptors (Lipinski definition) is 7. The number of anilines is 1. The number of benzene rings is 2. The molecule has 3 amide bonds. The Bertz CT molecular complexity index is 990. The lowest BCUT2D eigenvalue weighted by molar-refractivity contribution is -0.385. The zero-order chi connectivity index (χ0) is 23.0. The van der Waals surface area contributed by atoms with Crippen LogP contribution >= 0.6 is 0 Å². The van der Waals surface area contributed by atoms with E-state index in [0.29, 0.717) is 17.8 Å². The molecular weight excluding hydrogens is 408 g/mol. The van der Waals surface area contributed by atoms with Crippen molar-refractivity contribution in [3.8, 4) is 11.5 Å². The van der Waals surface area contributed by atoms with Crippen LogP contribution in [0.15, 0.2) is 36.4 Å². The molecule has 2 rings (SSSR count). The van der Waals surface area contributed by atoms with Crippen LogP contribution in [0.4, 0.5) is 11.4 Å². The average molecular weight is 430 g/mol. The van der Waals surface area contributed by atoms with Crippen molar-refractivity contribution < 1.29 is 28.8 Å². The summed E-state index contributed by atoms with van der Waals surface area (Å²) in [7, 11) is 2.68. The second kappa shape index (κ2) is 10.6. The van der Waals surface area contributed by atoms with Crippen LogP contribution in [-0.4, -0.2) is 50.0 Å². The molecule has 0 radical (unpaired) electrons. The maximum atomic E-state index is 12.6. The molecule has 0 unspecified atom stereocenters. The molecule has 0 fully saturated rings. The summed E-state index contributed by atoms with van der Waals surface area (Å²) in [6.07, 6.45) is 0. The van der Waals surface area contributed by atoms with Gasteiger partial charge in [0, 0.05) is 37.3 Å². The number of nitrogens with zero attached hydrogens (tertiary/aromatic N) is 1. The van der Waals surface area contributed by atoms with Crippen LogP contribution in [0.3, 0.4) is 0 Å². The molecule has 2 aromatic rings. The maximum absolute atomic E-state index is 12.6. The standard InChI is InChI=1S/C20H22N4O7/c1-12(25)21-8-9-22-19(26)13-4-6-14(7-5-13)23-20(27)15-10-17(30-2)18(31-3)11-16(15)24(28)29/h4-7,10-11H,8-9H2,1-3H3,(H,21,25)(H,22,26)(H,23,27). The van der Waals surface area contributed by atoms with Gasteiger partial charge in [0.2, 0.25) is 5.91 Å². The van der Waals surface area contributed by atoms with E-state index in [1.807, 2.05) is 0 Å². The summed E-state index contributed by atoms with van der Waals surface area (Å²) in [4.78, 5) is 46.2. The minimum Gasteiger partial charge on any atom is -0.493 e. The van der Waals surface area contributed by atoms with Crippen LogP contribution in [0.2, 0.25) is 0 Å². The fourth-order valence-corrected chi connectivity index (χ4v) is 2.62. The first-order valence-corrected chi connectivity index (χ1v) is 9.11. The van der Waals surface area contributed by atoms with Gasteiger partial charge in [-0.3, -0.25) is 24.5 Å². The van der Waals surface area contributed by atoms with Crippen molar-refractivity contribution in [3.05, 3.63) is 57.6 Å². The molecule has 11 heteroatoms. The topological polar surface area (TPSA) is 149 Å². The van der Waals surface area contributed by atoms with Crippen molar-refractivity contribution in [2.45, 2.75) is 6.92 Å². The fraction of sp³-hybridized carbons (Fsp3) is 0.250. The largest absolute Gasteiger partial charge is 0.493 e. The Balaban J connectivity index is 2.11. The molecule has 0 aromatic heterocycles. The molecule has 2 aromatic carbocycles. The molecule has 0 atom stereocenters. The number of rotatable bonds is 9. The van der Waals surface area contributed by atoms with Crippen LogP contribution in [0.1, 0.15) is 27.6 Å². The van der Waals surface area contributed by atoms with Gasteiger partial charge in [0.1, 0.15) is 5.56 Å². The molecule has 164 valence electrons. The first kappa shape index (κ1) is 23.1. The summed E-state index contributed by atoms with van der Waals surface area (Å²) in [6, 6.07) is 8.31. The first-order chi connectivity index (χ1) is 14.8. The van der Waals surface area contributed by atoms with E-state index < -0.39 is 16.5 Å².